The molecule has 5 rings (SSSR count). The molecule has 1 unspecified atom stereocenters. The van der Waals surface area contributed by atoms with Gasteiger partial charge in [0.1, 0.15) is 5.69 Å². The number of nitrogens with zero attached hydrogens (tertiary/aromatic N) is 3. The fraction of sp³-hybridized carbons (Fsp3) is 0.353. The maximum atomic E-state index is 13.9. The monoisotopic (exact) mass is 600 g/mol. The molecule has 0 spiro atoms. The third kappa shape index (κ3) is 5.91. The predicted molar refractivity (Wildman–Crippen MR) is 170 cm³/mol. The highest BCUT2D eigenvalue weighted by molar-refractivity contribution is 7.92. The van der Waals surface area contributed by atoms with Gasteiger partial charge in [0.25, 0.3) is 21.5 Å². The van der Waals surface area contributed by atoms with Gasteiger partial charge in [0.2, 0.25) is 0 Å². The number of carbonyl (C=O) groups is 1. The molecule has 43 heavy (non-hydrogen) atoms. The number of amides is 1. The zero-order chi connectivity index (χ0) is 30.9. The van der Waals surface area contributed by atoms with Gasteiger partial charge in [0, 0.05) is 19.7 Å². The van der Waals surface area contributed by atoms with Crippen molar-refractivity contribution < 1.29 is 13.2 Å². The van der Waals surface area contributed by atoms with Crippen LogP contribution in [0.2, 0.25) is 0 Å². The zero-order valence-corrected chi connectivity index (χ0v) is 26.3. The van der Waals surface area contributed by atoms with Crippen LogP contribution in [0, 0.1) is 25.7 Å². The summed E-state index contributed by atoms with van der Waals surface area (Å²) in [6, 6.07) is 23.1. The Bertz CT molecular complexity index is 1780. The number of hydrogen-bond acceptors (Lipinski definition) is 4. The van der Waals surface area contributed by atoms with E-state index in [0.29, 0.717) is 23.2 Å². The van der Waals surface area contributed by atoms with E-state index >= 15 is 0 Å². The first-order valence-electron chi connectivity index (χ1n) is 14.8. The second-order valence-electron chi connectivity index (χ2n) is 11.7. The van der Waals surface area contributed by atoms with E-state index in [9.17, 15) is 18.0 Å². The molecule has 1 heterocycles. The highest BCUT2D eigenvalue weighted by Crippen LogP contribution is 2.38. The molecular formula is C34H40N4O4S. The average Bonchev–Trinajstić information content (AvgIpc) is 3.23. The lowest BCUT2D eigenvalue weighted by Gasteiger charge is -2.34. The van der Waals surface area contributed by atoms with Gasteiger partial charge in [-0.2, -0.15) is 0 Å². The molecule has 3 aromatic carbocycles. The molecule has 0 radical (unpaired) electrons. The van der Waals surface area contributed by atoms with E-state index < -0.39 is 15.6 Å². The van der Waals surface area contributed by atoms with Gasteiger partial charge in [-0.1, -0.05) is 68.3 Å². The van der Waals surface area contributed by atoms with Crippen molar-refractivity contribution in [2.75, 3.05) is 11.4 Å². The molecule has 226 valence electrons. The summed E-state index contributed by atoms with van der Waals surface area (Å²) in [6.07, 6.45) is 4.29. The number of para-hydroxylation sites is 1. The van der Waals surface area contributed by atoms with Crippen LogP contribution >= 0.6 is 0 Å². The summed E-state index contributed by atoms with van der Waals surface area (Å²) in [5.74, 6) is 0.648. The summed E-state index contributed by atoms with van der Waals surface area (Å²) >= 11 is 0. The van der Waals surface area contributed by atoms with Crippen molar-refractivity contribution in [1.82, 2.24) is 14.7 Å². The van der Waals surface area contributed by atoms with E-state index in [4.69, 9.17) is 0 Å². The quantitative estimate of drug-likeness (QED) is 0.272. The summed E-state index contributed by atoms with van der Waals surface area (Å²) < 4.78 is 31.8. The first-order valence-corrected chi connectivity index (χ1v) is 16.2. The number of anilines is 1. The number of sulfonamides is 1. The summed E-state index contributed by atoms with van der Waals surface area (Å²) in [4.78, 5) is 27.2. The Kier molecular flexibility index (Phi) is 8.64. The number of nitrogens with one attached hydrogen (secondary N) is 1. The molecule has 0 bridgehead atoms. The van der Waals surface area contributed by atoms with Crippen LogP contribution in [0.3, 0.4) is 0 Å². The van der Waals surface area contributed by atoms with Crippen LogP contribution in [0.5, 0.6) is 0 Å². The summed E-state index contributed by atoms with van der Waals surface area (Å²) in [7, 11) is -1.07. The van der Waals surface area contributed by atoms with Crippen molar-refractivity contribution in [3.05, 3.63) is 112 Å². The number of aryl methyl sites for hydroxylation is 1. The fourth-order valence-corrected chi connectivity index (χ4v) is 7.52. The zero-order valence-electron chi connectivity index (χ0n) is 25.4. The maximum Gasteiger partial charge on any atom is 0.296 e. The second kappa shape index (κ2) is 12.2. The summed E-state index contributed by atoms with van der Waals surface area (Å²) in [5.41, 5.74) is 3.18. The van der Waals surface area contributed by atoms with Gasteiger partial charge < -0.3 is 5.32 Å². The highest BCUT2D eigenvalue weighted by Gasteiger charge is 2.31. The van der Waals surface area contributed by atoms with Crippen molar-refractivity contribution in [1.29, 1.82) is 0 Å². The molecule has 1 N–H and O–H groups in total. The van der Waals surface area contributed by atoms with E-state index in [-0.39, 0.29) is 28.1 Å². The van der Waals surface area contributed by atoms with Crippen molar-refractivity contribution in [2.45, 2.75) is 57.4 Å². The van der Waals surface area contributed by atoms with Crippen molar-refractivity contribution >= 4 is 21.6 Å². The van der Waals surface area contributed by atoms with E-state index in [1.54, 1.807) is 42.9 Å². The van der Waals surface area contributed by atoms with E-state index in [0.717, 1.165) is 41.1 Å². The number of rotatable bonds is 8. The van der Waals surface area contributed by atoms with Crippen LogP contribution in [0.4, 0.5) is 5.69 Å². The molecule has 8 nitrogen and oxygen atoms in total. The minimum Gasteiger partial charge on any atom is -0.345 e. The van der Waals surface area contributed by atoms with Crippen molar-refractivity contribution in [2.24, 2.45) is 18.9 Å². The third-order valence-corrected chi connectivity index (χ3v) is 10.7. The van der Waals surface area contributed by atoms with E-state index in [1.807, 2.05) is 30.3 Å². The maximum absolute atomic E-state index is 13.9. The Balaban J connectivity index is 1.45. The molecule has 4 aromatic rings. The van der Waals surface area contributed by atoms with Gasteiger partial charge in [-0.05, 0) is 80.0 Å². The Hall–Kier alpha value is -4.11. The average molecular weight is 601 g/mol. The smallest absolute Gasteiger partial charge is 0.296 e. The van der Waals surface area contributed by atoms with Gasteiger partial charge in [0.15, 0.2) is 0 Å². The van der Waals surface area contributed by atoms with Crippen LogP contribution in [-0.4, -0.2) is 30.7 Å². The molecule has 1 aliphatic carbocycles. The molecule has 1 fully saturated rings. The molecule has 1 aliphatic rings. The minimum atomic E-state index is -4.17. The largest absolute Gasteiger partial charge is 0.345 e. The standard InChI is InChI=1S/C34H40N4O4S/c1-23-18-20-26(21-19-23)31(30-17-10-9-12-24(30)2)35-33(39)27-13-11-16-29(22-27)43(41,42)37(5)32-25(3)36(4)38(34(32)40)28-14-7-6-8-15-28/h6-17,22-23,26,31H,18-21H2,1-5H3,(H,35,39). The van der Waals surface area contributed by atoms with Crippen molar-refractivity contribution in [3.8, 4) is 5.69 Å². The molecule has 9 heteroatoms. The van der Waals surface area contributed by atoms with Crippen LogP contribution in [0.25, 0.3) is 5.69 Å². The molecule has 1 aromatic heterocycles. The first-order chi connectivity index (χ1) is 20.5. The number of aromatic nitrogens is 2. The molecular weight excluding hydrogens is 560 g/mol. The Morgan fingerprint density at radius 1 is 0.930 bits per heavy atom. The molecule has 1 saturated carbocycles. The van der Waals surface area contributed by atoms with Gasteiger partial charge in [-0.15, -0.1) is 0 Å². The second-order valence-corrected chi connectivity index (χ2v) is 13.7. The highest BCUT2D eigenvalue weighted by atomic mass is 32.2. The van der Waals surface area contributed by atoms with Crippen LogP contribution in [0.15, 0.2) is 88.6 Å². The SMILES string of the molecule is Cc1ccccc1C(NC(=O)c1cccc(S(=O)(=O)N(C)c2c(C)n(C)n(-c3ccccc3)c2=O)c1)C1CCC(C)CC1. The summed E-state index contributed by atoms with van der Waals surface area (Å²) in [6.45, 7) is 6.04. The molecule has 1 atom stereocenters. The molecule has 1 amide bonds. The lowest BCUT2D eigenvalue weighted by molar-refractivity contribution is 0.0907. The summed E-state index contributed by atoms with van der Waals surface area (Å²) in [5, 5.41) is 3.26. The number of carbonyl (C=O) groups excluding carboxylic acids is 1. The van der Waals surface area contributed by atoms with Crippen LogP contribution in [-0.2, 0) is 17.1 Å². The lowest BCUT2D eigenvalue weighted by Crippen LogP contribution is -2.36. The molecule has 0 aliphatic heterocycles. The number of hydrogen-bond donors (Lipinski definition) is 1. The van der Waals surface area contributed by atoms with Gasteiger partial charge >= 0.3 is 0 Å². The predicted octanol–water partition coefficient (Wildman–Crippen LogP) is 5.92. The van der Waals surface area contributed by atoms with Crippen LogP contribution in [0.1, 0.15) is 65.8 Å². The lowest BCUT2D eigenvalue weighted by atomic mass is 9.76. The third-order valence-electron chi connectivity index (χ3n) is 8.94. The fourth-order valence-electron chi connectivity index (χ4n) is 6.22. The van der Waals surface area contributed by atoms with Crippen molar-refractivity contribution in [3.63, 3.8) is 0 Å². The minimum absolute atomic E-state index is 0.0485. The number of benzene rings is 3. The first kappa shape index (κ1) is 30.4. The van der Waals surface area contributed by atoms with Gasteiger partial charge in [-0.25, -0.2) is 13.1 Å². The van der Waals surface area contributed by atoms with Crippen LogP contribution < -0.4 is 15.2 Å². The Morgan fingerprint density at radius 3 is 2.26 bits per heavy atom. The van der Waals surface area contributed by atoms with E-state index in [1.165, 1.54) is 23.9 Å². The van der Waals surface area contributed by atoms with Gasteiger partial charge in [-0.3, -0.25) is 18.6 Å². The van der Waals surface area contributed by atoms with E-state index in [2.05, 4.69) is 31.3 Å². The normalized spacial score (nSPS) is 17.8. The Labute approximate surface area is 254 Å². The Morgan fingerprint density at radius 2 is 1.58 bits per heavy atom. The molecule has 0 saturated heterocycles. The topological polar surface area (TPSA) is 93.4 Å². The van der Waals surface area contributed by atoms with Gasteiger partial charge in [0.05, 0.1) is 22.3 Å².